The zero-order chi connectivity index (χ0) is 16.5. The van der Waals surface area contributed by atoms with Crippen molar-refractivity contribution >= 4 is 6.08 Å². The predicted molar refractivity (Wildman–Crippen MR) is 93.7 cm³/mol. The molecule has 1 aliphatic heterocycles. The molecule has 0 aromatic heterocycles. The second-order valence-electron chi connectivity index (χ2n) is 6.38. The maximum Gasteiger partial charge on any atom is 0.126 e. The Hall–Kier alpha value is -1.36. The minimum atomic E-state index is -0.00740. The molecule has 1 saturated heterocycles. The van der Waals surface area contributed by atoms with Crippen molar-refractivity contribution in [2.75, 3.05) is 47.1 Å². The van der Waals surface area contributed by atoms with Gasteiger partial charge in [-0.2, -0.15) is 0 Å². The van der Waals surface area contributed by atoms with Crippen LogP contribution < -0.4 is 4.74 Å². The van der Waals surface area contributed by atoms with E-state index in [1.54, 1.807) is 14.2 Å². The molecule has 0 aliphatic carbocycles. The van der Waals surface area contributed by atoms with Crippen molar-refractivity contribution in [1.82, 2.24) is 4.90 Å². The fourth-order valence-electron chi connectivity index (χ4n) is 3.33. The van der Waals surface area contributed by atoms with Gasteiger partial charge in [0.05, 0.1) is 13.7 Å². The highest BCUT2D eigenvalue weighted by molar-refractivity contribution is 5.57. The molecular formula is C19H29NO3. The van der Waals surface area contributed by atoms with Gasteiger partial charge in [0, 0.05) is 37.8 Å². The van der Waals surface area contributed by atoms with E-state index in [0.29, 0.717) is 6.61 Å². The van der Waals surface area contributed by atoms with Gasteiger partial charge in [-0.1, -0.05) is 30.4 Å². The molecule has 1 atom stereocenters. The number of ether oxygens (including phenoxy) is 2. The van der Waals surface area contributed by atoms with Crippen LogP contribution in [0.5, 0.6) is 5.75 Å². The molecule has 4 nitrogen and oxygen atoms in total. The summed E-state index contributed by atoms with van der Waals surface area (Å²) in [6.45, 7) is 3.87. The van der Waals surface area contributed by atoms with Crippen molar-refractivity contribution in [3.8, 4) is 5.75 Å². The van der Waals surface area contributed by atoms with Crippen LogP contribution in [0.4, 0.5) is 0 Å². The van der Waals surface area contributed by atoms with Crippen molar-refractivity contribution in [2.24, 2.45) is 5.41 Å². The van der Waals surface area contributed by atoms with Crippen LogP contribution in [0.2, 0.25) is 0 Å². The Morgan fingerprint density at radius 1 is 1.30 bits per heavy atom. The predicted octanol–water partition coefficient (Wildman–Crippen LogP) is 2.82. The normalized spacial score (nSPS) is 22.6. The van der Waals surface area contributed by atoms with Crippen LogP contribution in [0.1, 0.15) is 24.8 Å². The summed E-state index contributed by atoms with van der Waals surface area (Å²) in [6, 6.07) is 8.03. The molecule has 0 spiro atoms. The van der Waals surface area contributed by atoms with Gasteiger partial charge in [0.2, 0.25) is 0 Å². The van der Waals surface area contributed by atoms with Gasteiger partial charge in [0.25, 0.3) is 0 Å². The molecule has 1 fully saturated rings. The van der Waals surface area contributed by atoms with Crippen LogP contribution in [0.3, 0.4) is 0 Å². The molecule has 23 heavy (non-hydrogen) atoms. The highest BCUT2D eigenvalue weighted by atomic mass is 16.5. The van der Waals surface area contributed by atoms with Crippen molar-refractivity contribution in [1.29, 1.82) is 0 Å². The van der Waals surface area contributed by atoms with Crippen molar-refractivity contribution < 1.29 is 14.6 Å². The van der Waals surface area contributed by atoms with E-state index in [4.69, 9.17) is 9.47 Å². The molecular weight excluding hydrogens is 290 g/mol. The zero-order valence-electron chi connectivity index (χ0n) is 14.3. The first-order chi connectivity index (χ1) is 11.2. The van der Waals surface area contributed by atoms with Gasteiger partial charge in [-0.15, -0.1) is 0 Å². The summed E-state index contributed by atoms with van der Waals surface area (Å²) in [6.07, 6.45) is 7.43. The van der Waals surface area contributed by atoms with Gasteiger partial charge in [-0.25, -0.2) is 0 Å². The van der Waals surface area contributed by atoms with Crippen LogP contribution in [0.15, 0.2) is 30.3 Å². The quantitative estimate of drug-likeness (QED) is 0.800. The van der Waals surface area contributed by atoms with E-state index < -0.39 is 0 Å². The number of nitrogens with zero attached hydrogens (tertiary/aromatic N) is 1. The Labute approximate surface area is 139 Å². The molecule has 2 rings (SSSR count). The number of hydrogen-bond donors (Lipinski definition) is 1. The molecule has 0 amide bonds. The van der Waals surface area contributed by atoms with Crippen LogP contribution in [0, 0.1) is 5.41 Å². The van der Waals surface area contributed by atoms with Gasteiger partial charge in [0.1, 0.15) is 5.75 Å². The minimum Gasteiger partial charge on any atom is -0.496 e. The maximum absolute atomic E-state index is 9.84. The molecule has 0 saturated carbocycles. The lowest BCUT2D eigenvalue weighted by Gasteiger charge is -2.41. The second kappa shape index (κ2) is 9.06. The topological polar surface area (TPSA) is 41.9 Å². The number of benzene rings is 1. The Balaban J connectivity index is 1.93. The van der Waals surface area contributed by atoms with Gasteiger partial charge in [-0.3, -0.25) is 4.90 Å². The number of piperidine rings is 1. The lowest BCUT2D eigenvalue weighted by atomic mass is 9.78. The van der Waals surface area contributed by atoms with Gasteiger partial charge in [0.15, 0.2) is 0 Å². The SMILES string of the molecule is COCC[C@@]1(CO)CCCN(C/C=C/c2ccccc2OC)C1. The van der Waals surface area contributed by atoms with E-state index in [9.17, 15) is 5.11 Å². The first-order valence-electron chi connectivity index (χ1n) is 8.35. The summed E-state index contributed by atoms with van der Waals surface area (Å²) >= 11 is 0. The van der Waals surface area contributed by atoms with Crippen molar-refractivity contribution in [2.45, 2.75) is 19.3 Å². The lowest BCUT2D eigenvalue weighted by molar-refractivity contribution is 0.0115. The molecule has 1 aliphatic rings. The van der Waals surface area contributed by atoms with Crippen LogP contribution >= 0.6 is 0 Å². The summed E-state index contributed by atoms with van der Waals surface area (Å²) in [5.41, 5.74) is 1.09. The fourth-order valence-corrected chi connectivity index (χ4v) is 3.33. The number of aliphatic hydroxyl groups excluding tert-OH is 1. The van der Waals surface area contributed by atoms with Gasteiger partial charge < -0.3 is 14.6 Å². The highest BCUT2D eigenvalue weighted by Crippen LogP contribution is 2.33. The summed E-state index contributed by atoms with van der Waals surface area (Å²) in [4.78, 5) is 2.42. The first-order valence-corrected chi connectivity index (χ1v) is 8.35. The number of para-hydroxylation sites is 1. The molecule has 1 N–H and O–H groups in total. The van der Waals surface area contributed by atoms with E-state index in [2.05, 4.69) is 23.1 Å². The molecule has 128 valence electrons. The standard InChI is InChI=1S/C19H29NO3/c1-22-14-11-19(16-21)10-6-13-20(15-19)12-5-8-17-7-3-4-9-18(17)23-2/h3-5,7-9,21H,6,10-16H2,1-2H3/b8-5+/t19-/m0/s1. The molecule has 0 bridgehead atoms. The lowest BCUT2D eigenvalue weighted by Crippen LogP contribution is -2.45. The summed E-state index contributed by atoms with van der Waals surface area (Å²) in [5.74, 6) is 0.896. The average Bonchev–Trinajstić information content (AvgIpc) is 2.61. The largest absolute Gasteiger partial charge is 0.496 e. The Morgan fingerprint density at radius 3 is 2.87 bits per heavy atom. The van der Waals surface area contributed by atoms with Gasteiger partial charge in [-0.05, 0) is 31.9 Å². The first kappa shape index (κ1) is 18.0. The summed E-state index contributed by atoms with van der Waals surface area (Å²) in [7, 11) is 3.42. The smallest absolute Gasteiger partial charge is 0.126 e. The molecule has 1 aromatic rings. The molecule has 1 heterocycles. The van der Waals surface area contributed by atoms with E-state index in [-0.39, 0.29) is 12.0 Å². The average molecular weight is 319 g/mol. The monoisotopic (exact) mass is 319 g/mol. The molecule has 1 aromatic carbocycles. The van der Waals surface area contributed by atoms with E-state index >= 15 is 0 Å². The van der Waals surface area contributed by atoms with Crippen LogP contribution in [-0.2, 0) is 4.74 Å². The fraction of sp³-hybridized carbons (Fsp3) is 0.579. The van der Waals surface area contributed by atoms with Crippen molar-refractivity contribution in [3.05, 3.63) is 35.9 Å². The highest BCUT2D eigenvalue weighted by Gasteiger charge is 2.34. The van der Waals surface area contributed by atoms with Gasteiger partial charge >= 0.3 is 0 Å². The van der Waals surface area contributed by atoms with E-state index in [0.717, 1.165) is 50.2 Å². The Bertz CT molecular complexity index is 503. The minimum absolute atomic E-state index is 0.00740. The van der Waals surface area contributed by atoms with E-state index in [1.165, 1.54) is 0 Å². The summed E-state index contributed by atoms with van der Waals surface area (Å²) < 4.78 is 10.6. The third-order valence-electron chi connectivity index (χ3n) is 4.71. The molecule has 0 radical (unpaired) electrons. The third kappa shape index (κ3) is 5.06. The number of aliphatic hydroxyl groups is 1. The number of hydrogen-bond acceptors (Lipinski definition) is 4. The summed E-state index contributed by atoms with van der Waals surface area (Å²) in [5, 5.41) is 9.84. The van der Waals surface area contributed by atoms with Crippen molar-refractivity contribution in [3.63, 3.8) is 0 Å². The number of likely N-dealkylation sites (tertiary alicyclic amines) is 1. The number of methoxy groups -OCH3 is 2. The van der Waals surface area contributed by atoms with E-state index in [1.807, 2.05) is 18.2 Å². The maximum atomic E-state index is 9.84. The zero-order valence-corrected chi connectivity index (χ0v) is 14.3. The molecule has 0 unspecified atom stereocenters. The molecule has 4 heteroatoms. The number of rotatable bonds is 8. The Morgan fingerprint density at radius 2 is 2.13 bits per heavy atom. The van der Waals surface area contributed by atoms with Crippen LogP contribution in [0.25, 0.3) is 6.08 Å². The second-order valence-corrected chi connectivity index (χ2v) is 6.38. The Kier molecular flexibility index (Phi) is 7.09. The third-order valence-corrected chi connectivity index (χ3v) is 4.71. The van der Waals surface area contributed by atoms with Crippen LogP contribution in [-0.4, -0.2) is 57.1 Å².